The molecule has 0 amide bonds. The molecule has 13 aromatic rings. The molecule has 334 valence electrons. The van der Waals surface area contributed by atoms with Gasteiger partial charge >= 0.3 is 0 Å². The highest BCUT2D eigenvalue weighted by Gasteiger charge is 2.49. The van der Waals surface area contributed by atoms with Gasteiger partial charge in [0.2, 0.25) is 0 Å². The smallest absolute Gasteiger partial charge is 0.181 e. The summed E-state index contributed by atoms with van der Waals surface area (Å²) in [6.07, 6.45) is 0. The monoisotopic (exact) mass is 939 g/mol. The summed E-state index contributed by atoms with van der Waals surface area (Å²) in [6, 6.07) is 101. The van der Waals surface area contributed by atoms with Gasteiger partial charge in [0.25, 0.3) is 0 Å². The maximum atomic E-state index is 2.56. The van der Waals surface area contributed by atoms with E-state index in [1.54, 1.807) is 0 Å². The van der Waals surface area contributed by atoms with Gasteiger partial charge in [-0.3, -0.25) is 0 Å². The van der Waals surface area contributed by atoms with Gasteiger partial charge in [0.1, 0.15) is 0 Å². The summed E-state index contributed by atoms with van der Waals surface area (Å²) in [5, 5.41) is 10.5. The lowest BCUT2D eigenvalue weighted by atomic mass is 10.0. The second-order valence-electron chi connectivity index (χ2n) is 18.5. The summed E-state index contributed by atoms with van der Waals surface area (Å²) in [7, 11) is -3.02. The molecule has 0 saturated carbocycles. The van der Waals surface area contributed by atoms with Crippen molar-refractivity contribution < 1.29 is 0 Å². The third kappa shape index (κ3) is 6.55. The Hall–Kier alpha value is -8.74. The van der Waals surface area contributed by atoms with Gasteiger partial charge in [0.15, 0.2) is 8.07 Å². The fraction of sp³-hybridized carbons (Fsp3) is 0. The normalized spacial score (nSPS) is 12.6. The summed E-state index contributed by atoms with van der Waals surface area (Å²) in [5.41, 5.74) is 12.9. The number of para-hydroxylation sites is 4. The van der Waals surface area contributed by atoms with Crippen LogP contribution in [0.3, 0.4) is 0 Å². The van der Waals surface area contributed by atoms with Crippen LogP contribution in [0, 0.1) is 0 Å². The van der Waals surface area contributed by atoms with E-state index in [0.29, 0.717) is 0 Å². The molecular weight excluding hydrogens is 895 g/mol. The molecule has 0 N–H and O–H groups in total. The van der Waals surface area contributed by atoms with Gasteiger partial charge in [0.05, 0.1) is 11.0 Å². The predicted molar refractivity (Wildman–Crippen MR) is 306 cm³/mol. The minimum Gasteiger partial charge on any atom is -0.311 e. The summed E-state index contributed by atoms with van der Waals surface area (Å²) in [4.78, 5) is 4.91. The van der Waals surface area contributed by atoms with Crippen molar-refractivity contribution in [2.75, 3.05) is 9.80 Å². The second-order valence-corrected chi connectivity index (χ2v) is 23.3. The fourth-order valence-electron chi connectivity index (χ4n) is 11.6. The van der Waals surface area contributed by atoms with Crippen LogP contribution in [0.15, 0.2) is 273 Å². The highest BCUT2D eigenvalue weighted by atomic mass is 32.1. The summed E-state index contributed by atoms with van der Waals surface area (Å²) < 4.78 is 4.98. The molecule has 0 unspecified atom stereocenters. The third-order valence-corrected chi connectivity index (χ3v) is 20.6. The first kappa shape index (κ1) is 41.2. The summed E-state index contributed by atoms with van der Waals surface area (Å²) in [6.45, 7) is 0. The molecule has 0 aliphatic carbocycles. The molecule has 71 heavy (non-hydrogen) atoms. The Morgan fingerprint density at radius 1 is 0.296 bits per heavy atom. The van der Waals surface area contributed by atoms with E-state index in [4.69, 9.17) is 0 Å². The first-order valence-electron chi connectivity index (χ1n) is 24.3. The fourth-order valence-corrected chi connectivity index (χ4v) is 18.0. The maximum absolute atomic E-state index is 3.02. The molecule has 0 saturated heterocycles. The predicted octanol–water partition coefficient (Wildman–Crippen LogP) is 15.4. The number of anilines is 6. The lowest BCUT2D eigenvalue weighted by molar-refractivity contribution is 1.18. The average Bonchev–Trinajstić information content (AvgIpc) is 4.08. The van der Waals surface area contributed by atoms with Crippen molar-refractivity contribution in [1.82, 2.24) is 4.57 Å². The maximum Gasteiger partial charge on any atom is 0.181 e. The standard InChI is InChI=1S/C66H45N3SSi/c1-6-20-46(21-7-1)67(47-22-8-2-9-23-47)51-35-39-58-59-40-36-52(45-66(59)71(65(58)44-51,53-26-12-4-13-27-53)54-28-14-5-15-29-54)68(50-34-38-57-56-31-17-19-33-63(56)70-64(57)43-50)49-37-41-62-60(42-49)55-30-16-18-32-61(55)69(62)48-24-10-3-11-25-48/h1-45H. The van der Waals surface area contributed by atoms with Gasteiger partial charge in [0, 0.05) is 70.8 Å². The van der Waals surface area contributed by atoms with Gasteiger partial charge in [-0.2, -0.15) is 0 Å². The van der Waals surface area contributed by atoms with Crippen molar-refractivity contribution in [3.63, 3.8) is 0 Å². The number of fused-ring (bicyclic) bond motifs is 9. The van der Waals surface area contributed by atoms with Crippen molar-refractivity contribution in [2.45, 2.75) is 0 Å². The van der Waals surface area contributed by atoms with Gasteiger partial charge < -0.3 is 14.4 Å². The molecule has 3 nitrogen and oxygen atoms in total. The molecule has 0 radical (unpaired) electrons. The lowest BCUT2D eigenvalue weighted by Gasteiger charge is -2.33. The summed E-state index contributed by atoms with van der Waals surface area (Å²) >= 11 is 1.87. The molecule has 0 spiro atoms. The number of rotatable bonds is 9. The molecule has 0 atom stereocenters. The minimum absolute atomic E-state index is 1.11. The van der Waals surface area contributed by atoms with Crippen LogP contribution in [0.25, 0.3) is 58.8 Å². The highest BCUT2D eigenvalue weighted by molar-refractivity contribution is 7.26. The lowest BCUT2D eigenvalue weighted by Crippen LogP contribution is -2.72. The number of thiophene rings is 1. The highest BCUT2D eigenvalue weighted by Crippen LogP contribution is 2.45. The summed E-state index contributed by atoms with van der Waals surface area (Å²) in [5.74, 6) is 0. The Morgan fingerprint density at radius 2 is 0.732 bits per heavy atom. The second kappa shape index (κ2) is 16.7. The molecule has 11 aromatic carbocycles. The van der Waals surface area contributed by atoms with Crippen LogP contribution < -0.4 is 30.5 Å². The van der Waals surface area contributed by atoms with Crippen LogP contribution in [0.4, 0.5) is 34.1 Å². The van der Waals surface area contributed by atoms with Crippen molar-refractivity contribution >= 4 is 116 Å². The molecule has 1 aliphatic rings. The number of hydrogen-bond acceptors (Lipinski definition) is 3. The number of nitrogens with zero attached hydrogens (tertiary/aromatic N) is 3. The van der Waals surface area contributed by atoms with Gasteiger partial charge in [-0.05, 0) is 135 Å². The SMILES string of the molecule is c1ccc(N(c2ccccc2)c2ccc3c(c2)[Si](c2ccccc2)(c2ccccc2)c2cc(N(c4ccc5c(c4)sc4ccccc45)c4ccc5c(c4)c4ccccc4n5-c4ccccc4)ccc2-3)cc1. The molecule has 2 aromatic heterocycles. The van der Waals surface area contributed by atoms with Gasteiger partial charge in [-0.15, -0.1) is 11.3 Å². The minimum atomic E-state index is -3.02. The van der Waals surface area contributed by atoms with Gasteiger partial charge in [-0.1, -0.05) is 170 Å². The topological polar surface area (TPSA) is 11.4 Å². The first-order chi connectivity index (χ1) is 35.2. The molecular formula is C66H45N3SSi. The quantitative estimate of drug-likeness (QED) is 0.134. The Kier molecular flexibility index (Phi) is 9.73. The van der Waals surface area contributed by atoms with Crippen molar-refractivity contribution in [3.05, 3.63) is 273 Å². The van der Waals surface area contributed by atoms with E-state index in [1.165, 1.54) is 73.9 Å². The zero-order valence-corrected chi connectivity index (χ0v) is 40.5. The van der Waals surface area contributed by atoms with Crippen molar-refractivity contribution in [1.29, 1.82) is 0 Å². The molecule has 1 aliphatic heterocycles. The van der Waals surface area contributed by atoms with E-state index >= 15 is 0 Å². The van der Waals surface area contributed by atoms with Crippen LogP contribution >= 0.6 is 11.3 Å². The average molecular weight is 940 g/mol. The van der Waals surface area contributed by atoms with E-state index in [9.17, 15) is 0 Å². The van der Waals surface area contributed by atoms with E-state index in [2.05, 4.69) is 287 Å². The Labute approximate surface area is 418 Å². The molecule has 3 heterocycles. The first-order valence-corrected chi connectivity index (χ1v) is 27.1. The van der Waals surface area contributed by atoms with Gasteiger partial charge in [-0.25, -0.2) is 0 Å². The molecule has 0 fully saturated rings. The zero-order valence-electron chi connectivity index (χ0n) is 38.7. The van der Waals surface area contributed by atoms with E-state index < -0.39 is 8.07 Å². The van der Waals surface area contributed by atoms with Crippen LogP contribution in [-0.2, 0) is 0 Å². The Bertz CT molecular complexity index is 4030. The van der Waals surface area contributed by atoms with E-state index in [-0.39, 0.29) is 0 Å². The van der Waals surface area contributed by atoms with E-state index in [0.717, 1.165) is 39.8 Å². The largest absolute Gasteiger partial charge is 0.311 e. The third-order valence-electron chi connectivity index (χ3n) is 14.6. The van der Waals surface area contributed by atoms with Crippen LogP contribution in [0.2, 0.25) is 0 Å². The molecule has 0 bridgehead atoms. The van der Waals surface area contributed by atoms with Crippen LogP contribution in [0.5, 0.6) is 0 Å². The number of hydrogen-bond donors (Lipinski definition) is 0. The molecule has 14 rings (SSSR count). The Morgan fingerprint density at radius 3 is 1.35 bits per heavy atom. The van der Waals surface area contributed by atoms with Crippen LogP contribution in [0.1, 0.15) is 0 Å². The van der Waals surface area contributed by atoms with Crippen LogP contribution in [-0.4, -0.2) is 12.6 Å². The van der Waals surface area contributed by atoms with Crippen molar-refractivity contribution in [2.24, 2.45) is 0 Å². The zero-order chi connectivity index (χ0) is 46.9. The Balaban J connectivity index is 1.03. The molecule has 5 heteroatoms. The number of benzene rings is 11. The van der Waals surface area contributed by atoms with E-state index in [1.807, 2.05) is 11.3 Å². The number of aromatic nitrogens is 1. The van der Waals surface area contributed by atoms with Crippen molar-refractivity contribution in [3.8, 4) is 16.8 Å².